The Morgan fingerprint density at radius 3 is 2.78 bits per heavy atom. The topological polar surface area (TPSA) is 81.4 Å². The van der Waals surface area contributed by atoms with Crippen LogP contribution in [0.3, 0.4) is 0 Å². The number of nitrogens with two attached hydrogens (primary N) is 1. The first kappa shape index (κ1) is 14.9. The Labute approximate surface area is 102 Å². The molecule has 1 saturated heterocycles. The molecule has 0 unspecified atom stereocenters. The number of alkyl halides is 3. The molecule has 0 bridgehead atoms. The lowest BCUT2D eigenvalue weighted by atomic mass is 9.90. The van der Waals surface area contributed by atoms with Gasteiger partial charge in [0.25, 0.3) is 0 Å². The number of hydrogen-bond acceptors (Lipinski definition) is 4. The van der Waals surface area contributed by atoms with E-state index in [4.69, 9.17) is 5.73 Å². The summed E-state index contributed by atoms with van der Waals surface area (Å²) in [5.41, 5.74) is 5.46. The minimum atomic E-state index is -4.85. The van der Waals surface area contributed by atoms with E-state index in [-0.39, 0.29) is 12.3 Å². The summed E-state index contributed by atoms with van der Waals surface area (Å²) in [6, 6.07) is -1.11. The predicted molar refractivity (Wildman–Crippen MR) is 55.3 cm³/mol. The molecule has 18 heavy (non-hydrogen) atoms. The molecule has 1 heterocycles. The normalized spacial score (nSPS) is 22.4. The van der Waals surface area contributed by atoms with Crippen molar-refractivity contribution in [1.82, 2.24) is 5.32 Å². The Balaban J connectivity index is 2.37. The van der Waals surface area contributed by atoms with Crippen LogP contribution in [0.2, 0.25) is 0 Å². The third-order valence-electron chi connectivity index (χ3n) is 2.73. The van der Waals surface area contributed by atoms with E-state index in [9.17, 15) is 22.8 Å². The number of halogens is 3. The third kappa shape index (κ3) is 5.01. The van der Waals surface area contributed by atoms with Crippen molar-refractivity contribution in [2.75, 3.05) is 13.2 Å². The number of carbonyl (C=O) groups excluding carboxylic acids is 2. The summed E-state index contributed by atoms with van der Waals surface area (Å²) in [5, 5.41) is 2.62. The highest BCUT2D eigenvalue weighted by atomic mass is 19.4. The van der Waals surface area contributed by atoms with E-state index in [0.717, 1.165) is 6.42 Å². The molecule has 3 N–H and O–H groups in total. The van der Waals surface area contributed by atoms with E-state index < -0.39 is 30.7 Å². The van der Waals surface area contributed by atoms with Crippen LogP contribution in [0.15, 0.2) is 0 Å². The second-order valence-corrected chi connectivity index (χ2v) is 4.17. The van der Waals surface area contributed by atoms with E-state index in [1.54, 1.807) is 0 Å². The minimum absolute atomic E-state index is 0.0475. The third-order valence-corrected chi connectivity index (χ3v) is 2.73. The Morgan fingerprint density at radius 2 is 2.22 bits per heavy atom. The monoisotopic (exact) mass is 268 g/mol. The van der Waals surface area contributed by atoms with Crippen molar-refractivity contribution in [3.8, 4) is 0 Å². The molecule has 0 aromatic heterocycles. The fraction of sp³-hybridized carbons (Fsp3) is 0.800. The SMILES string of the molecule is N[C@@H](C[C@@H]1CCCNC1=O)C(=O)COC(F)(F)F. The van der Waals surface area contributed by atoms with Gasteiger partial charge in [0, 0.05) is 12.5 Å². The van der Waals surface area contributed by atoms with Gasteiger partial charge in [0.15, 0.2) is 5.78 Å². The van der Waals surface area contributed by atoms with Crippen LogP contribution in [-0.4, -0.2) is 37.2 Å². The van der Waals surface area contributed by atoms with Crippen LogP contribution < -0.4 is 11.1 Å². The standard InChI is InChI=1S/C10H15F3N2O3/c11-10(12,13)18-5-8(16)7(14)4-6-2-1-3-15-9(6)17/h6-7H,1-5,14H2,(H,15,17)/t6-,7-/m0/s1. The molecule has 2 atom stereocenters. The van der Waals surface area contributed by atoms with Crippen molar-refractivity contribution in [3.05, 3.63) is 0 Å². The Kier molecular flexibility index (Phi) is 5.09. The molecule has 1 amide bonds. The van der Waals surface area contributed by atoms with Crippen molar-refractivity contribution < 1.29 is 27.5 Å². The van der Waals surface area contributed by atoms with Crippen molar-refractivity contribution in [1.29, 1.82) is 0 Å². The summed E-state index contributed by atoms with van der Waals surface area (Å²) in [6.07, 6.45) is -3.44. The second-order valence-electron chi connectivity index (χ2n) is 4.17. The van der Waals surface area contributed by atoms with E-state index in [1.165, 1.54) is 0 Å². The van der Waals surface area contributed by atoms with E-state index in [1.807, 2.05) is 0 Å². The van der Waals surface area contributed by atoms with Gasteiger partial charge in [-0.25, -0.2) is 0 Å². The van der Waals surface area contributed by atoms with Crippen LogP contribution in [0.4, 0.5) is 13.2 Å². The Morgan fingerprint density at radius 1 is 1.56 bits per heavy atom. The van der Waals surface area contributed by atoms with Crippen LogP contribution in [-0.2, 0) is 14.3 Å². The second kappa shape index (κ2) is 6.14. The first-order valence-corrected chi connectivity index (χ1v) is 5.56. The highest BCUT2D eigenvalue weighted by molar-refractivity contribution is 5.86. The Hall–Kier alpha value is -1.15. The van der Waals surface area contributed by atoms with Gasteiger partial charge in [-0.05, 0) is 19.3 Å². The summed E-state index contributed by atoms with van der Waals surface area (Å²) in [5.74, 6) is -1.48. The van der Waals surface area contributed by atoms with Crippen LogP contribution >= 0.6 is 0 Å². The molecule has 0 aliphatic carbocycles. The number of piperidine rings is 1. The van der Waals surface area contributed by atoms with Crippen LogP contribution in [0.5, 0.6) is 0 Å². The zero-order valence-electron chi connectivity index (χ0n) is 9.63. The molecule has 0 aromatic carbocycles. The molecule has 1 rings (SSSR count). The maximum atomic E-state index is 11.7. The largest absolute Gasteiger partial charge is 0.522 e. The van der Waals surface area contributed by atoms with Gasteiger partial charge in [0.1, 0.15) is 6.61 Å². The van der Waals surface area contributed by atoms with Gasteiger partial charge in [-0.2, -0.15) is 0 Å². The summed E-state index contributed by atoms with van der Waals surface area (Å²) < 4.78 is 38.6. The maximum absolute atomic E-state index is 11.7. The zero-order chi connectivity index (χ0) is 13.8. The van der Waals surface area contributed by atoms with E-state index >= 15 is 0 Å². The highest BCUT2D eigenvalue weighted by Crippen LogP contribution is 2.19. The first-order valence-electron chi connectivity index (χ1n) is 5.56. The smallest absolute Gasteiger partial charge is 0.356 e. The lowest BCUT2D eigenvalue weighted by Gasteiger charge is -2.23. The number of nitrogens with one attached hydrogen (secondary N) is 1. The lowest BCUT2D eigenvalue weighted by molar-refractivity contribution is -0.320. The van der Waals surface area contributed by atoms with Gasteiger partial charge >= 0.3 is 6.36 Å². The fourth-order valence-corrected chi connectivity index (χ4v) is 1.76. The Bertz CT molecular complexity index is 320. The minimum Gasteiger partial charge on any atom is -0.356 e. The fourth-order valence-electron chi connectivity index (χ4n) is 1.76. The van der Waals surface area contributed by atoms with Crippen LogP contribution in [0.25, 0.3) is 0 Å². The number of Topliss-reactive ketones (excluding diaryl/α,β-unsaturated/α-hetero) is 1. The van der Waals surface area contributed by atoms with Crippen molar-refractivity contribution in [2.24, 2.45) is 11.7 Å². The zero-order valence-corrected chi connectivity index (χ0v) is 9.63. The van der Waals surface area contributed by atoms with Gasteiger partial charge in [-0.1, -0.05) is 0 Å². The summed E-state index contributed by atoms with van der Waals surface area (Å²) in [6.45, 7) is -0.533. The van der Waals surface area contributed by atoms with Gasteiger partial charge in [0.2, 0.25) is 5.91 Å². The van der Waals surface area contributed by atoms with Crippen molar-refractivity contribution in [3.63, 3.8) is 0 Å². The van der Waals surface area contributed by atoms with Crippen molar-refractivity contribution >= 4 is 11.7 Å². The number of carbonyl (C=O) groups is 2. The maximum Gasteiger partial charge on any atom is 0.522 e. The highest BCUT2D eigenvalue weighted by Gasteiger charge is 2.32. The first-order chi connectivity index (χ1) is 8.29. The number of ketones is 1. The molecule has 5 nitrogen and oxygen atoms in total. The lowest BCUT2D eigenvalue weighted by Crippen LogP contribution is -2.43. The average Bonchev–Trinajstić information content (AvgIpc) is 2.28. The van der Waals surface area contributed by atoms with E-state index in [0.29, 0.717) is 13.0 Å². The number of hydrogen-bond donors (Lipinski definition) is 2. The molecule has 104 valence electrons. The summed E-state index contributed by atoms with van der Waals surface area (Å²) >= 11 is 0. The molecular weight excluding hydrogens is 253 g/mol. The summed E-state index contributed by atoms with van der Waals surface area (Å²) in [4.78, 5) is 22.7. The van der Waals surface area contributed by atoms with Gasteiger partial charge in [0.05, 0.1) is 6.04 Å². The van der Waals surface area contributed by atoms with Gasteiger partial charge < -0.3 is 11.1 Å². The molecule has 0 radical (unpaired) electrons. The number of ether oxygens (including phenoxy) is 1. The molecule has 0 aromatic rings. The number of rotatable bonds is 5. The van der Waals surface area contributed by atoms with Crippen LogP contribution in [0, 0.1) is 5.92 Å². The average molecular weight is 268 g/mol. The summed E-state index contributed by atoms with van der Waals surface area (Å²) in [7, 11) is 0. The molecule has 1 aliphatic heterocycles. The van der Waals surface area contributed by atoms with Crippen LogP contribution in [0.1, 0.15) is 19.3 Å². The van der Waals surface area contributed by atoms with Crippen molar-refractivity contribution in [2.45, 2.75) is 31.7 Å². The van der Waals surface area contributed by atoms with Gasteiger partial charge in [-0.3, -0.25) is 14.3 Å². The molecule has 0 saturated carbocycles. The molecule has 0 spiro atoms. The number of amides is 1. The molecular formula is C10H15F3N2O3. The quantitative estimate of drug-likeness (QED) is 0.753. The molecule has 8 heteroatoms. The van der Waals surface area contributed by atoms with Gasteiger partial charge in [-0.15, -0.1) is 13.2 Å². The molecule has 1 fully saturated rings. The molecule has 1 aliphatic rings. The predicted octanol–water partition coefficient (Wildman–Crippen LogP) is 0.335. The van der Waals surface area contributed by atoms with E-state index in [2.05, 4.69) is 10.1 Å².